The van der Waals surface area contributed by atoms with E-state index >= 15 is 0 Å². The molecule has 0 N–H and O–H groups in total. The van der Waals surface area contributed by atoms with Crippen LogP contribution < -0.4 is 4.90 Å². The number of carbonyl (C=O) groups excluding carboxylic acids is 4. The lowest BCUT2D eigenvalue weighted by atomic mass is 9.93. The lowest BCUT2D eigenvalue weighted by molar-refractivity contribution is -0.116. The van der Waals surface area contributed by atoms with Gasteiger partial charge in [-0.05, 0) is 87.4 Å². The summed E-state index contributed by atoms with van der Waals surface area (Å²) in [6.45, 7) is 17.7. The van der Waals surface area contributed by atoms with E-state index in [0.29, 0.717) is 29.4 Å². The van der Waals surface area contributed by atoms with Gasteiger partial charge in [0.2, 0.25) is 0 Å². The molecule has 5 rings (SSSR count). The van der Waals surface area contributed by atoms with Crippen molar-refractivity contribution in [3.63, 3.8) is 0 Å². The van der Waals surface area contributed by atoms with E-state index in [9.17, 15) is 18.8 Å². The van der Waals surface area contributed by atoms with Crippen LogP contribution in [0.1, 0.15) is 106 Å². The molecular weight excluding hydrogens is 637 g/mol. The van der Waals surface area contributed by atoms with Crippen molar-refractivity contribution >= 4 is 29.3 Å². The number of hydrogen-bond donors (Lipinski definition) is 0. The minimum atomic E-state index is -0.204. The van der Waals surface area contributed by atoms with Crippen LogP contribution in [-0.4, -0.2) is 23.6 Å². The molecule has 2 atom stereocenters. The summed E-state index contributed by atoms with van der Waals surface area (Å²) in [5.74, 6) is 1.13. The first-order valence-corrected chi connectivity index (χ1v) is 17.2. The number of carbonyl (C=O) groups is 4. The monoisotopic (exact) mass is 693 g/mol. The molecular formula is C45H56FNO4. The lowest BCUT2D eigenvalue weighted by Crippen LogP contribution is -2.28. The average Bonchev–Trinajstić information content (AvgIpc) is 3.54. The van der Waals surface area contributed by atoms with E-state index in [1.54, 1.807) is 43.3 Å². The van der Waals surface area contributed by atoms with Crippen LogP contribution in [-0.2, 0) is 16.1 Å². The van der Waals surface area contributed by atoms with Gasteiger partial charge < -0.3 is 14.5 Å². The molecule has 0 bridgehead atoms. The van der Waals surface area contributed by atoms with Crippen LogP contribution in [0.15, 0.2) is 109 Å². The molecule has 1 aliphatic rings. The van der Waals surface area contributed by atoms with E-state index < -0.39 is 0 Å². The fourth-order valence-electron chi connectivity index (χ4n) is 5.80. The largest absolute Gasteiger partial charge is 0.341 e. The standard InChI is InChI=1S/C28H30FN.C10H10O2.C4H8O.C2H4O.CH4/c1-20-9-6-12-27(20)22(3)30(28-13-5-4-8-21(28)2)19-23-14-16-24(17-15-23)25-10-7-11-26(29)18-25;1-7(11)9-5-3-4-6-10(9)8(2)12;1-3-4(2)5;1-2-3;/h4-5,7-8,10-11,13-18,20,27H,3,6,9,12,19H2,1-2H3;3-6H,1-2H3;3H2,1-2H3;2H,1H3;1H4. The number of aldehydes is 1. The second-order valence-electron chi connectivity index (χ2n) is 12.5. The maximum absolute atomic E-state index is 13.6. The fourth-order valence-corrected chi connectivity index (χ4v) is 5.80. The van der Waals surface area contributed by atoms with Crippen molar-refractivity contribution in [2.45, 2.75) is 88.1 Å². The van der Waals surface area contributed by atoms with Crippen molar-refractivity contribution < 1.29 is 23.6 Å². The summed E-state index contributed by atoms with van der Waals surface area (Å²) in [5.41, 5.74) is 7.89. The van der Waals surface area contributed by atoms with Gasteiger partial charge in [-0.2, -0.15) is 0 Å². The number of Topliss-reactive ketones (excluding diaryl/α,β-unsaturated/α-hetero) is 3. The van der Waals surface area contributed by atoms with Gasteiger partial charge in [0.05, 0.1) is 0 Å². The molecule has 5 nitrogen and oxygen atoms in total. The smallest absolute Gasteiger partial charge is 0.160 e. The molecule has 1 saturated carbocycles. The number of aryl methyl sites for hydroxylation is 1. The highest BCUT2D eigenvalue weighted by Gasteiger charge is 2.29. The summed E-state index contributed by atoms with van der Waals surface area (Å²) in [5, 5.41) is 0. The average molecular weight is 694 g/mol. The zero-order valence-electron chi connectivity index (χ0n) is 30.7. The van der Waals surface area contributed by atoms with Crippen LogP contribution in [0.5, 0.6) is 0 Å². The Hall–Kier alpha value is -4.97. The van der Waals surface area contributed by atoms with Crippen LogP contribution in [0, 0.1) is 24.6 Å². The summed E-state index contributed by atoms with van der Waals surface area (Å²) in [4.78, 5) is 43.1. The Balaban J connectivity index is 0.000000512. The van der Waals surface area contributed by atoms with E-state index in [4.69, 9.17) is 4.79 Å². The van der Waals surface area contributed by atoms with Gasteiger partial charge in [-0.1, -0.05) is 120 Å². The van der Waals surface area contributed by atoms with Crippen LogP contribution in [0.3, 0.4) is 0 Å². The number of ketones is 3. The van der Waals surface area contributed by atoms with E-state index in [-0.39, 0.29) is 30.6 Å². The molecule has 0 spiro atoms. The van der Waals surface area contributed by atoms with Crippen LogP contribution in [0.2, 0.25) is 0 Å². The summed E-state index contributed by atoms with van der Waals surface area (Å²) in [6, 6.07) is 30.6. The maximum atomic E-state index is 13.6. The van der Waals surface area contributed by atoms with Crippen molar-refractivity contribution in [1.29, 1.82) is 0 Å². The number of para-hydroxylation sites is 1. The Morgan fingerprint density at radius 1 is 0.824 bits per heavy atom. The molecule has 4 aromatic rings. The number of hydrogen-bond acceptors (Lipinski definition) is 5. The molecule has 2 unspecified atom stereocenters. The van der Waals surface area contributed by atoms with Crippen LogP contribution in [0.4, 0.5) is 10.1 Å². The molecule has 1 aliphatic carbocycles. The van der Waals surface area contributed by atoms with Gasteiger partial charge in [0.15, 0.2) is 11.6 Å². The van der Waals surface area contributed by atoms with Gasteiger partial charge in [0, 0.05) is 41.4 Å². The molecule has 0 aromatic heterocycles. The van der Waals surface area contributed by atoms with Gasteiger partial charge >= 0.3 is 0 Å². The minimum absolute atomic E-state index is 0. The fraction of sp³-hybridized carbons (Fsp3) is 0.333. The highest BCUT2D eigenvalue weighted by Crippen LogP contribution is 2.40. The normalized spacial score (nSPS) is 14.0. The third kappa shape index (κ3) is 14.1. The van der Waals surface area contributed by atoms with Crippen molar-refractivity contribution in [3.8, 4) is 11.1 Å². The summed E-state index contributed by atoms with van der Waals surface area (Å²) in [7, 11) is 0. The molecule has 0 radical (unpaired) electrons. The third-order valence-electron chi connectivity index (χ3n) is 8.68. The summed E-state index contributed by atoms with van der Waals surface area (Å²) in [6.07, 6.45) is 5.21. The minimum Gasteiger partial charge on any atom is -0.341 e. The molecule has 1 fully saturated rings. The molecule has 4 aromatic carbocycles. The highest BCUT2D eigenvalue weighted by molar-refractivity contribution is 6.07. The van der Waals surface area contributed by atoms with Gasteiger partial charge in [0.1, 0.15) is 17.9 Å². The second-order valence-corrected chi connectivity index (χ2v) is 12.5. The molecule has 0 amide bonds. The molecule has 0 heterocycles. The molecule has 51 heavy (non-hydrogen) atoms. The number of nitrogens with zero attached hydrogens (tertiary/aromatic N) is 1. The SMILES string of the molecule is C.C=C(C1CCCC1C)N(Cc1ccc(-c2cccc(F)c2)cc1)c1ccccc1C.CC(=O)c1ccccc1C(C)=O.CC=O.CCC(C)=O. The Morgan fingerprint density at radius 2 is 1.35 bits per heavy atom. The molecule has 0 aliphatic heterocycles. The first-order valence-electron chi connectivity index (χ1n) is 17.2. The zero-order valence-corrected chi connectivity index (χ0v) is 30.7. The first kappa shape index (κ1) is 44.1. The maximum Gasteiger partial charge on any atom is 0.160 e. The Bertz CT molecular complexity index is 1690. The second kappa shape index (κ2) is 22.7. The Kier molecular flexibility index (Phi) is 19.6. The number of anilines is 1. The van der Waals surface area contributed by atoms with Crippen molar-refractivity contribution in [3.05, 3.63) is 137 Å². The third-order valence-corrected chi connectivity index (χ3v) is 8.68. The Labute approximate surface area is 305 Å². The predicted molar refractivity (Wildman–Crippen MR) is 211 cm³/mol. The first-order chi connectivity index (χ1) is 23.8. The topological polar surface area (TPSA) is 71.5 Å². The quantitative estimate of drug-likeness (QED) is 0.129. The zero-order chi connectivity index (χ0) is 37.2. The van der Waals surface area contributed by atoms with E-state index in [1.807, 2.05) is 13.0 Å². The van der Waals surface area contributed by atoms with Gasteiger partial charge in [0.25, 0.3) is 0 Å². The predicted octanol–water partition coefficient (Wildman–Crippen LogP) is 11.7. The Morgan fingerprint density at radius 3 is 1.80 bits per heavy atom. The van der Waals surface area contributed by atoms with Gasteiger partial charge in [-0.15, -0.1) is 0 Å². The summed E-state index contributed by atoms with van der Waals surface area (Å²) < 4.78 is 13.6. The van der Waals surface area contributed by atoms with E-state index in [0.717, 1.165) is 24.0 Å². The number of allylic oxidation sites excluding steroid dienone is 1. The van der Waals surface area contributed by atoms with Crippen molar-refractivity contribution in [2.75, 3.05) is 4.90 Å². The van der Waals surface area contributed by atoms with Crippen molar-refractivity contribution in [2.24, 2.45) is 11.8 Å². The number of rotatable bonds is 9. The molecule has 6 heteroatoms. The summed E-state index contributed by atoms with van der Waals surface area (Å²) >= 11 is 0. The number of benzene rings is 4. The van der Waals surface area contributed by atoms with Gasteiger partial charge in [-0.3, -0.25) is 9.59 Å². The number of halogens is 1. The van der Waals surface area contributed by atoms with E-state index in [1.165, 1.54) is 68.6 Å². The highest BCUT2D eigenvalue weighted by atomic mass is 19.1. The van der Waals surface area contributed by atoms with Crippen molar-refractivity contribution in [1.82, 2.24) is 0 Å². The van der Waals surface area contributed by atoms with Gasteiger partial charge in [-0.25, -0.2) is 4.39 Å². The molecule has 272 valence electrons. The van der Waals surface area contributed by atoms with Crippen LogP contribution >= 0.6 is 0 Å². The van der Waals surface area contributed by atoms with Crippen LogP contribution in [0.25, 0.3) is 11.1 Å². The molecule has 0 saturated heterocycles. The van der Waals surface area contributed by atoms with E-state index in [2.05, 4.69) is 73.9 Å². The lowest BCUT2D eigenvalue weighted by Gasteiger charge is -2.33.